The van der Waals surface area contributed by atoms with Gasteiger partial charge >= 0.3 is 29.6 Å². The van der Waals surface area contributed by atoms with Gasteiger partial charge in [0.25, 0.3) is 0 Å². The van der Waals surface area contributed by atoms with Crippen molar-refractivity contribution < 1.29 is 9.59 Å². The number of carbonyl (C=O) groups excluding carboxylic acids is 2. The summed E-state index contributed by atoms with van der Waals surface area (Å²) in [6.07, 6.45) is 0. The second-order valence-electron chi connectivity index (χ2n) is 1.11. The monoisotopic (exact) mass is 110 g/mol. The van der Waals surface area contributed by atoms with Crippen molar-refractivity contribution in [1.82, 2.24) is 0 Å². The molecule has 0 heterocycles. The Labute approximate surface area is 64.6 Å². The number of ketones is 2. The average molecular weight is 110 g/mol. The Hall–Kier alpha value is 0.340. The third-order valence-corrected chi connectivity index (χ3v) is 0.496. The molecule has 0 aromatic rings. The molecule has 0 saturated heterocycles. The summed E-state index contributed by atoms with van der Waals surface area (Å²) in [5, 5.41) is 0. The molecule has 0 saturated carbocycles. The number of hydrogen-bond acceptors (Lipinski definition) is 2. The van der Waals surface area contributed by atoms with Gasteiger partial charge in [0.1, 0.15) is 0 Å². The van der Waals surface area contributed by atoms with Crippen molar-refractivity contribution in [1.29, 1.82) is 0 Å². The number of carbonyl (C=O) groups is 2. The Morgan fingerprint density at radius 3 is 1.14 bits per heavy atom. The van der Waals surface area contributed by atoms with Gasteiger partial charge < -0.3 is 0 Å². The van der Waals surface area contributed by atoms with Crippen molar-refractivity contribution in [2.24, 2.45) is 0 Å². The molecular weight excluding hydrogens is 103 g/mol. The SMILES string of the molecule is CC(=O)C(C)=O.[NaH]. The van der Waals surface area contributed by atoms with E-state index in [2.05, 4.69) is 0 Å². The standard InChI is InChI=1S/C4H6O2.Na.H/c1-3(5)4(2)6;;/h1-2H3;;. The van der Waals surface area contributed by atoms with Crippen molar-refractivity contribution in [3.05, 3.63) is 0 Å². The Morgan fingerprint density at radius 2 is 1.14 bits per heavy atom. The topological polar surface area (TPSA) is 34.1 Å². The molecule has 0 aromatic carbocycles. The van der Waals surface area contributed by atoms with Gasteiger partial charge in [-0.1, -0.05) is 0 Å². The van der Waals surface area contributed by atoms with Crippen molar-refractivity contribution in [3.63, 3.8) is 0 Å². The fourth-order valence-corrected chi connectivity index (χ4v) is 0. The van der Waals surface area contributed by atoms with Crippen LogP contribution in [0.2, 0.25) is 0 Å². The summed E-state index contributed by atoms with van der Waals surface area (Å²) in [6, 6.07) is 0. The van der Waals surface area contributed by atoms with Gasteiger partial charge in [0.05, 0.1) is 0 Å². The summed E-state index contributed by atoms with van der Waals surface area (Å²) in [5.74, 6) is -0.759. The Bertz CT molecular complexity index is 75.7. The fraction of sp³-hybridized carbons (Fsp3) is 0.500. The Morgan fingerprint density at radius 1 is 1.00 bits per heavy atom. The van der Waals surface area contributed by atoms with Crippen LogP contribution in [0.25, 0.3) is 0 Å². The quantitative estimate of drug-likeness (QED) is 0.337. The zero-order valence-corrected chi connectivity index (χ0v) is 3.82. The summed E-state index contributed by atoms with van der Waals surface area (Å²) >= 11 is 0. The van der Waals surface area contributed by atoms with Crippen LogP contribution in [0.4, 0.5) is 0 Å². The predicted molar refractivity (Wildman–Crippen MR) is 28.5 cm³/mol. The summed E-state index contributed by atoms with van der Waals surface area (Å²) in [7, 11) is 0. The van der Waals surface area contributed by atoms with Gasteiger partial charge in [-0.05, 0) is 0 Å². The van der Waals surface area contributed by atoms with E-state index in [4.69, 9.17) is 0 Å². The van der Waals surface area contributed by atoms with Crippen LogP contribution >= 0.6 is 0 Å². The van der Waals surface area contributed by atoms with Gasteiger partial charge in [0.2, 0.25) is 0 Å². The van der Waals surface area contributed by atoms with E-state index < -0.39 is 0 Å². The summed E-state index contributed by atoms with van der Waals surface area (Å²) < 4.78 is 0. The van der Waals surface area contributed by atoms with E-state index in [0.29, 0.717) is 0 Å². The van der Waals surface area contributed by atoms with E-state index >= 15 is 0 Å². The first kappa shape index (κ1) is 10.3. The summed E-state index contributed by atoms with van der Waals surface area (Å²) in [4.78, 5) is 19.6. The van der Waals surface area contributed by atoms with Gasteiger partial charge in [-0.15, -0.1) is 0 Å². The number of rotatable bonds is 1. The molecule has 3 heteroatoms. The van der Waals surface area contributed by atoms with E-state index in [0.717, 1.165) is 0 Å². The van der Waals surface area contributed by atoms with Gasteiger partial charge in [0.15, 0.2) is 11.6 Å². The van der Waals surface area contributed by atoms with Crippen molar-refractivity contribution in [3.8, 4) is 0 Å². The molecule has 0 aliphatic rings. The molecule has 0 aliphatic heterocycles. The average Bonchev–Trinajstić information content (AvgIpc) is 1.36. The molecule has 0 atom stereocenters. The number of Topliss-reactive ketones (excluding diaryl/α,β-unsaturated/α-hetero) is 2. The van der Waals surface area contributed by atoms with Crippen LogP contribution in [-0.4, -0.2) is 41.1 Å². The van der Waals surface area contributed by atoms with Gasteiger partial charge in [0, 0.05) is 13.8 Å². The van der Waals surface area contributed by atoms with E-state index in [1.807, 2.05) is 0 Å². The maximum absolute atomic E-state index is 9.79. The molecule has 0 fully saturated rings. The summed E-state index contributed by atoms with van der Waals surface area (Å²) in [5.41, 5.74) is 0. The zero-order valence-electron chi connectivity index (χ0n) is 3.82. The van der Waals surface area contributed by atoms with Crippen molar-refractivity contribution >= 4 is 41.1 Å². The van der Waals surface area contributed by atoms with Crippen LogP contribution < -0.4 is 0 Å². The first-order chi connectivity index (χ1) is 2.64. The van der Waals surface area contributed by atoms with Crippen LogP contribution in [-0.2, 0) is 9.59 Å². The summed E-state index contributed by atoms with van der Waals surface area (Å²) in [6.45, 7) is 2.50. The maximum atomic E-state index is 9.79. The molecular formula is C4H7NaO2. The predicted octanol–water partition coefficient (Wildman–Crippen LogP) is -0.484. The molecule has 0 aromatic heterocycles. The molecule has 0 rings (SSSR count). The van der Waals surface area contributed by atoms with Crippen LogP contribution in [0.5, 0.6) is 0 Å². The first-order valence-corrected chi connectivity index (χ1v) is 1.66. The van der Waals surface area contributed by atoms with Gasteiger partial charge in [-0.25, -0.2) is 0 Å². The Kier molecular flexibility index (Phi) is 6.65. The molecule has 2 nitrogen and oxygen atoms in total. The minimum atomic E-state index is -0.380. The normalized spacial score (nSPS) is 6.57. The van der Waals surface area contributed by atoms with Crippen molar-refractivity contribution in [2.75, 3.05) is 0 Å². The molecule has 0 amide bonds. The van der Waals surface area contributed by atoms with Crippen LogP contribution in [0.15, 0.2) is 0 Å². The third-order valence-electron chi connectivity index (χ3n) is 0.496. The first-order valence-electron chi connectivity index (χ1n) is 1.66. The molecule has 7 heavy (non-hydrogen) atoms. The number of hydrogen-bond donors (Lipinski definition) is 0. The van der Waals surface area contributed by atoms with Crippen LogP contribution in [0.1, 0.15) is 13.8 Å². The van der Waals surface area contributed by atoms with E-state index in [9.17, 15) is 9.59 Å². The second-order valence-corrected chi connectivity index (χ2v) is 1.11. The molecule has 36 valence electrons. The molecule has 0 N–H and O–H groups in total. The second kappa shape index (κ2) is 4.50. The van der Waals surface area contributed by atoms with Gasteiger partial charge in [-0.3, -0.25) is 9.59 Å². The van der Waals surface area contributed by atoms with Gasteiger partial charge in [-0.2, -0.15) is 0 Å². The van der Waals surface area contributed by atoms with E-state index in [1.54, 1.807) is 0 Å². The molecule has 0 unspecified atom stereocenters. The molecule has 0 aliphatic carbocycles. The van der Waals surface area contributed by atoms with Crippen LogP contribution in [0, 0.1) is 0 Å². The van der Waals surface area contributed by atoms with Crippen molar-refractivity contribution in [2.45, 2.75) is 13.8 Å². The molecule has 0 bridgehead atoms. The van der Waals surface area contributed by atoms with E-state index in [1.165, 1.54) is 13.8 Å². The zero-order chi connectivity index (χ0) is 5.15. The van der Waals surface area contributed by atoms with E-state index in [-0.39, 0.29) is 41.1 Å². The van der Waals surface area contributed by atoms with Crippen LogP contribution in [0.3, 0.4) is 0 Å². The molecule has 0 spiro atoms. The minimum absolute atomic E-state index is 0. The Balaban J connectivity index is 0. The molecule has 0 radical (unpaired) electrons. The fourth-order valence-electron chi connectivity index (χ4n) is 0. The third kappa shape index (κ3) is 6.34.